The van der Waals surface area contributed by atoms with Gasteiger partial charge in [0.05, 0.1) is 24.0 Å². The van der Waals surface area contributed by atoms with Gasteiger partial charge in [0.1, 0.15) is 0 Å². The van der Waals surface area contributed by atoms with E-state index in [0.29, 0.717) is 19.3 Å². The average Bonchev–Trinajstić information content (AvgIpc) is 2.93. The standard InChI is InChI=1S/C12H17NO6/c14-8(15)2-1-5-13-11(16)9-6-3-4-7(19-6)10(9)12(17)18/h6-7,9-10H,1-5H2,(H,13,16)(H,14,15)(H,17,18)/t6-,7-,9?,10?/m1/s1. The number of nitrogens with one attached hydrogen (secondary N) is 1. The van der Waals surface area contributed by atoms with Gasteiger partial charge in [0.15, 0.2) is 0 Å². The minimum Gasteiger partial charge on any atom is -0.481 e. The Bertz CT molecular complexity index is 396. The summed E-state index contributed by atoms with van der Waals surface area (Å²) < 4.78 is 5.49. The number of carboxylic acids is 2. The fourth-order valence-electron chi connectivity index (χ4n) is 2.89. The van der Waals surface area contributed by atoms with Gasteiger partial charge in [-0.3, -0.25) is 14.4 Å². The molecule has 3 N–H and O–H groups in total. The number of amides is 1. The Hall–Kier alpha value is -1.63. The van der Waals surface area contributed by atoms with Gasteiger partial charge >= 0.3 is 11.9 Å². The molecule has 0 aromatic carbocycles. The normalized spacial score (nSPS) is 32.2. The summed E-state index contributed by atoms with van der Waals surface area (Å²) in [6, 6.07) is 0. The molecule has 0 aromatic rings. The summed E-state index contributed by atoms with van der Waals surface area (Å²) in [4.78, 5) is 33.5. The van der Waals surface area contributed by atoms with Crippen LogP contribution >= 0.6 is 0 Å². The first kappa shape index (κ1) is 13.8. The Labute approximate surface area is 109 Å². The van der Waals surface area contributed by atoms with Crippen LogP contribution < -0.4 is 5.32 Å². The summed E-state index contributed by atoms with van der Waals surface area (Å²) >= 11 is 0. The molecule has 2 rings (SSSR count). The molecule has 106 valence electrons. The van der Waals surface area contributed by atoms with E-state index in [0.717, 1.165) is 0 Å². The lowest BCUT2D eigenvalue weighted by molar-refractivity contribution is -0.147. The van der Waals surface area contributed by atoms with Crippen molar-refractivity contribution in [2.24, 2.45) is 11.8 Å². The van der Waals surface area contributed by atoms with Crippen molar-refractivity contribution in [1.29, 1.82) is 0 Å². The predicted octanol–water partition coefficient (Wildman–Crippen LogP) is -0.154. The first-order valence-electron chi connectivity index (χ1n) is 6.38. The summed E-state index contributed by atoms with van der Waals surface area (Å²) in [6.45, 7) is 0.241. The highest BCUT2D eigenvalue weighted by Crippen LogP contribution is 2.43. The second-order valence-corrected chi connectivity index (χ2v) is 4.97. The molecule has 7 nitrogen and oxygen atoms in total. The van der Waals surface area contributed by atoms with Crippen molar-refractivity contribution < 1.29 is 29.3 Å². The molecule has 1 amide bonds. The van der Waals surface area contributed by atoms with E-state index >= 15 is 0 Å². The maximum atomic E-state index is 12.0. The van der Waals surface area contributed by atoms with Gasteiger partial charge in [0.2, 0.25) is 5.91 Å². The fourth-order valence-corrected chi connectivity index (χ4v) is 2.89. The zero-order valence-electron chi connectivity index (χ0n) is 10.4. The van der Waals surface area contributed by atoms with Gasteiger partial charge in [0, 0.05) is 13.0 Å². The molecule has 2 fully saturated rings. The number of hydrogen-bond donors (Lipinski definition) is 3. The number of aliphatic carboxylic acids is 2. The second kappa shape index (κ2) is 5.56. The number of ether oxygens (including phenoxy) is 1. The average molecular weight is 271 g/mol. The number of hydrogen-bond acceptors (Lipinski definition) is 4. The van der Waals surface area contributed by atoms with Crippen molar-refractivity contribution in [3.05, 3.63) is 0 Å². The Morgan fingerprint density at radius 2 is 1.74 bits per heavy atom. The smallest absolute Gasteiger partial charge is 0.310 e. The van der Waals surface area contributed by atoms with E-state index in [4.69, 9.17) is 14.9 Å². The van der Waals surface area contributed by atoms with Crippen LogP contribution in [0.1, 0.15) is 25.7 Å². The molecule has 0 saturated carbocycles. The molecule has 0 aromatic heterocycles. The Morgan fingerprint density at radius 1 is 1.11 bits per heavy atom. The number of carboxylic acid groups (broad SMARTS) is 2. The number of carbonyl (C=O) groups is 3. The summed E-state index contributed by atoms with van der Waals surface area (Å²) in [7, 11) is 0. The molecular weight excluding hydrogens is 254 g/mol. The zero-order valence-corrected chi connectivity index (χ0v) is 10.4. The largest absolute Gasteiger partial charge is 0.481 e. The van der Waals surface area contributed by atoms with Gasteiger partial charge in [-0.15, -0.1) is 0 Å². The molecule has 7 heteroatoms. The van der Waals surface area contributed by atoms with E-state index in [-0.39, 0.29) is 31.1 Å². The van der Waals surface area contributed by atoms with Crippen LogP contribution in [0.3, 0.4) is 0 Å². The summed E-state index contributed by atoms with van der Waals surface area (Å²) in [5.41, 5.74) is 0. The van der Waals surface area contributed by atoms with Crippen LogP contribution in [0.5, 0.6) is 0 Å². The third-order valence-corrected chi connectivity index (χ3v) is 3.73. The molecule has 2 heterocycles. The van der Waals surface area contributed by atoms with Crippen LogP contribution in [0, 0.1) is 11.8 Å². The lowest BCUT2D eigenvalue weighted by atomic mass is 9.78. The molecule has 2 bridgehead atoms. The molecule has 2 aliphatic rings. The fraction of sp³-hybridized carbons (Fsp3) is 0.750. The van der Waals surface area contributed by atoms with Gasteiger partial charge in [0.25, 0.3) is 0 Å². The van der Waals surface area contributed by atoms with Gasteiger partial charge in [-0.25, -0.2) is 0 Å². The van der Waals surface area contributed by atoms with Gasteiger partial charge < -0.3 is 20.3 Å². The molecule has 4 atom stereocenters. The second-order valence-electron chi connectivity index (χ2n) is 4.97. The monoisotopic (exact) mass is 271 g/mol. The molecular formula is C12H17NO6. The van der Waals surface area contributed by atoms with Crippen molar-refractivity contribution in [3.63, 3.8) is 0 Å². The molecule has 0 radical (unpaired) electrons. The third kappa shape index (κ3) is 2.86. The van der Waals surface area contributed by atoms with E-state index in [1.165, 1.54) is 0 Å². The van der Waals surface area contributed by atoms with Crippen molar-refractivity contribution in [2.75, 3.05) is 6.54 Å². The highest BCUT2D eigenvalue weighted by molar-refractivity contribution is 5.86. The topological polar surface area (TPSA) is 113 Å². The Balaban J connectivity index is 1.87. The summed E-state index contributed by atoms with van der Waals surface area (Å²) in [5.74, 6) is -3.69. The first-order chi connectivity index (χ1) is 9.00. The lowest BCUT2D eigenvalue weighted by Gasteiger charge is -2.23. The summed E-state index contributed by atoms with van der Waals surface area (Å²) in [5, 5.41) is 20.2. The highest BCUT2D eigenvalue weighted by atomic mass is 16.5. The van der Waals surface area contributed by atoms with E-state index in [2.05, 4.69) is 5.32 Å². The van der Waals surface area contributed by atoms with Crippen molar-refractivity contribution >= 4 is 17.8 Å². The van der Waals surface area contributed by atoms with E-state index in [1.807, 2.05) is 0 Å². The molecule has 19 heavy (non-hydrogen) atoms. The molecule has 2 aliphatic heterocycles. The quantitative estimate of drug-likeness (QED) is 0.579. The van der Waals surface area contributed by atoms with Crippen LogP contribution in [-0.4, -0.2) is 46.8 Å². The maximum Gasteiger partial charge on any atom is 0.310 e. The number of carbonyl (C=O) groups excluding carboxylic acids is 1. The predicted molar refractivity (Wildman–Crippen MR) is 62.4 cm³/mol. The number of fused-ring (bicyclic) bond motifs is 2. The van der Waals surface area contributed by atoms with Crippen LogP contribution in [0.2, 0.25) is 0 Å². The molecule has 2 saturated heterocycles. The molecule has 0 aliphatic carbocycles. The molecule has 2 unspecified atom stereocenters. The maximum absolute atomic E-state index is 12.0. The van der Waals surface area contributed by atoms with Crippen LogP contribution in [0.15, 0.2) is 0 Å². The van der Waals surface area contributed by atoms with E-state index in [9.17, 15) is 14.4 Å². The van der Waals surface area contributed by atoms with Crippen molar-refractivity contribution in [1.82, 2.24) is 5.32 Å². The van der Waals surface area contributed by atoms with Gasteiger partial charge in [-0.2, -0.15) is 0 Å². The van der Waals surface area contributed by atoms with E-state index in [1.54, 1.807) is 0 Å². The SMILES string of the molecule is O=C(O)CCCNC(=O)C1C(C(=O)O)[C@H]2CC[C@H]1O2. The van der Waals surface area contributed by atoms with E-state index < -0.39 is 23.8 Å². The van der Waals surface area contributed by atoms with Crippen LogP contribution in [0.4, 0.5) is 0 Å². The zero-order chi connectivity index (χ0) is 14.0. The third-order valence-electron chi connectivity index (χ3n) is 3.73. The minimum atomic E-state index is -1.00. The minimum absolute atomic E-state index is 0.0180. The Morgan fingerprint density at radius 3 is 2.32 bits per heavy atom. The first-order valence-corrected chi connectivity index (χ1v) is 6.38. The highest BCUT2D eigenvalue weighted by Gasteiger charge is 2.55. The van der Waals surface area contributed by atoms with Gasteiger partial charge in [-0.1, -0.05) is 0 Å². The van der Waals surface area contributed by atoms with Crippen molar-refractivity contribution in [3.8, 4) is 0 Å². The van der Waals surface area contributed by atoms with Gasteiger partial charge in [-0.05, 0) is 19.3 Å². The van der Waals surface area contributed by atoms with Crippen molar-refractivity contribution in [2.45, 2.75) is 37.9 Å². The number of rotatable bonds is 6. The van der Waals surface area contributed by atoms with Crippen LogP contribution in [0.25, 0.3) is 0 Å². The summed E-state index contributed by atoms with van der Waals surface area (Å²) in [6.07, 6.45) is 1.03. The lowest BCUT2D eigenvalue weighted by Crippen LogP contribution is -2.44. The van der Waals surface area contributed by atoms with Crippen LogP contribution in [-0.2, 0) is 19.1 Å². The Kier molecular flexibility index (Phi) is 4.04. The molecule has 0 spiro atoms.